The number of hydrogen-bond donors (Lipinski definition) is 1. The SMILES string of the molecule is COc1ccc(CC(C)(O)c2cc(F)cc(F)c2)cc1Br. The molecule has 1 unspecified atom stereocenters. The van der Waals surface area contributed by atoms with Gasteiger partial charge in [0.05, 0.1) is 17.2 Å². The first-order valence-electron chi connectivity index (χ1n) is 6.33. The van der Waals surface area contributed by atoms with Crippen molar-refractivity contribution in [2.24, 2.45) is 0 Å². The molecule has 0 aliphatic carbocycles. The molecule has 0 spiro atoms. The number of hydrogen-bond acceptors (Lipinski definition) is 2. The molecule has 1 N–H and O–H groups in total. The van der Waals surface area contributed by atoms with E-state index in [4.69, 9.17) is 4.74 Å². The van der Waals surface area contributed by atoms with E-state index in [0.717, 1.165) is 28.2 Å². The molecule has 0 aliphatic heterocycles. The van der Waals surface area contributed by atoms with Gasteiger partial charge in [-0.1, -0.05) is 6.07 Å². The van der Waals surface area contributed by atoms with Gasteiger partial charge in [0.2, 0.25) is 0 Å². The number of aliphatic hydroxyl groups is 1. The zero-order valence-corrected chi connectivity index (χ0v) is 13.2. The van der Waals surface area contributed by atoms with Crippen LogP contribution in [0.3, 0.4) is 0 Å². The van der Waals surface area contributed by atoms with Crippen LogP contribution in [-0.2, 0) is 12.0 Å². The third-order valence-corrected chi connectivity index (χ3v) is 3.87. The lowest BCUT2D eigenvalue weighted by atomic mass is 9.89. The number of methoxy groups -OCH3 is 1. The Kier molecular flexibility index (Phi) is 4.64. The van der Waals surface area contributed by atoms with Gasteiger partial charge in [-0.25, -0.2) is 8.78 Å². The monoisotopic (exact) mass is 356 g/mol. The maximum absolute atomic E-state index is 13.3. The van der Waals surface area contributed by atoms with E-state index in [1.54, 1.807) is 19.2 Å². The molecule has 0 saturated carbocycles. The van der Waals surface area contributed by atoms with Crippen molar-refractivity contribution in [2.75, 3.05) is 7.11 Å². The highest BCUT2D eigenvalue weighted by molar-refractivity contribution is 9.10. The lowest BCUT2D eigenvalue weighted by Gasteiger charge is -2.24. The van der Waals surface area contributed by atoms with Gasteiger partial charge in [-0.05, 0) is 58.2 Å². The molecular formula is C16H15BrF2O2. The van der Waals surface area contributed by atoms with Crippen molar-refractivity contribution in [3.05, 3.63) is 63.6 Å². The van der Waals surface area contributed by atoms with Gasteiger partial charge >= 0.3 is 0 Å². The van der Waals surface area contributed by atoms with E-state index < -0.39 is 17.2 Å². The van der Waals surface area contributed by atoms with Crippen LogP contribution >= 0.6 is 15.9 Å². The van der Waals surface area contributed by atoms with Crippen LogP contribution in [0, 0.1) is 11.6 Å². The minimum absolute atomic E-state index is 0.201. The Morgan fingerprint density at radius 2 is 1.76 bits per heavy atom. The number of rotatable bonds is 4. The Bertz CT molecular complexity index is 636. The molecule has 1 atom stereocenters. The Morgan fingerprint density at radius 1 is 1.14 bits per heavy atom. The zero-order valence-electron chi connectivity index (χ0n) is 11.7. The Morgan fingerprint density at radius 3 is 2.29 bits per heavy atom. The molecule has 0 bridgehead atoms. The highest BCUT2D eigenvalue weighted by atomic mass is 79.9. The van der Waals surface area contributed by atoms with Gasteiger partial charge in [0, 0.05) is 12.5 Å². The zero-order chi connectivity index (χ0) is 15.6. The fourth-order valence-corrected chi connectivity index (χ4v) is 2.77. The first-order chi connectivity index (χ1) is 9.81. The van der Waals surface area contributed by atoms with Gasteiger partial charge in [-0.15, -0.1) is 0 Å². The van der Waals surface area contributed by atoms with Crippen molar-refractivity contribution in [3.8, 4) is 5.75 Å². The minimum Gasteiger partial charge on any atom is -0.496 e. The summed E-state index contributed by atoms with van der Waals surface area (Å²) in [4.78, 5) is 0. The standard InChI is InChI=1S/C16H15BrF2O2/c1-16(20,11-6-12(18)8-13(19)7-11)9-10-3-4-15(21-2)14(17)5-10/h3-8,20H,9H2,1-2H3. The second kappa shape index (κ2) is 6.12. The van der Waals surface area contributed by atoms with Crippen LogP contribution in [-0.4, -0.2) is 12.2 Å². The molecule has 5 heteroatoms. The lowest BCUT2D eigenvalue weighted by Crippen LogP contribution is -2.24. The molecule has 112 valence electrons. The molecule has 2 nitrogen and oxygen atoms in total. The van der Waals surface area contributed by atoms with E-state index in [9.17, 15) is 13.9 Å². The maximum Gasteiger partial charge on any atom is 0.133 e. The quantitative estimate of drug-likeness (QED) is 0.889. The second-order valence-corrected chi connectivity index (χ2v) is 5.93. The molecule has 2 rings (SSSR count). The van der Waals surface area contributed by atoms with Crippen molar-refractivity contribution < 1.29 is 18.6 Å². The topological polar surface area (TPSA) is 29.5 Å². The molecule has 21 heavy (non-hydrogen) atoms. The van der Waals surface area contributed by atoms with Crippen LogP contribution in [0.5, 0.6) is 5.75 Å². The van der Waals surface area contributed by atoms with E-state index in [-0.39, 0.29) is 12.0 Å². The van der Waals surface area contributed by atoms with Gasteiger partial charge in [0.25, 0.3) is 0 Å². The number of ether oxygens (including phenoxy) is 1. The third kappa shape index (κ3) is 3.80. The van der Waals surface area contributed by atoms with Crippen LogP contribution < -0.4 is 4.74 Å². The Hall–Kier alpha value is -1.46. The summed E-state index contributed by atoms with van der Waals surface area (Å²) in [6, 6.07) is 8.44. The predicted octanol–water partition coefficient (Wildman–Crippen LogP) is 4.19. The molecule has 0 radical (unpaired) electrons. The van der Waals surface area contributed by atoms with Crippen LogP contribution in [0.1, 0.15) is 18.1 Å². The summed E-state index contributed by atoms with van der Waals surface area (Å²) in [6.45, 7) is 1.53. The maximum atomic E-state index is 13.3. The van der Waals surface area contributed by atoms with E-state index in [0.29, 0.717) is 5.75 Å². The summed E-state index contributed by atoms with van der Waals surface area (Å²) in [5, 5.41) is 10.5. The number of benzene rings is 2. The summed E-state index contributed by atoms with van der Waals surface area (Å²) in [5.41, 5.74) is -0.360. The predicted molar refractivity (Wildman–Crippen MR) is 80.3 cm³/mol. The fourth-order valence-electron chi connectivity index (χ4n) is 2.18. The van der Waals surface area contributed by atoms with Crippen molar-refractivity contribution in [3.63, 3.8) is 0 Å². The molecular weight excluding hydrogens is 342 g/mol. The average molecular weight is 357 g/mol. The number of halogens is 3. The van der Waals surface area contributed by atoms with Gasteiger partial charge in [-0.3, -0.25) is 0 Å². The van der Waals surface area contributed by atoms with E-state index in [1.165, 1.54) is 6.92 Å². The van der Waals surface area contributed by atoms with Crippen molar-refractivity contribution >= 4 is 15.9 Å². The smallest absolute Gasteiger partial charge is 0.133 e. The van der Waals surface area contributed by atoms with Gasteiger partial charge < -0.3 is 9.84 Å². The van der Waals surface area contributed by atoms with Crippen LogP contribution in [0.15, 0.2) is 40.9 Å². The van der Waals surface area contributed by atoms with E-state index >= 15 is 0 Å². The average Bonchev–Trinajstić information content (AvgIpc) is 2.37. The molecule has 0 saturated heterocycles. The first-order valence-corrected chi connectivity index (χ1v) is 7.12. The van der Waals surface area contributed by atoms with E-state index in [1.807, 2.05) is 6.07 Å². The molecule has 0 aliphatic rings. The molecule has 2 aromatic rings. The molecule has 0 fully saturated rings. The Labute approximate surface area is 130 Å². The lowest BCUT2D eigenvalue weighted by molar-refractivity contribution is 0.0569. The summed E-state index contributed by atoms with van der Waals surface area (Å²) < 4.78 is 32.5. The van der Waals surface area contributed by atoms with Gasteiger partial charge in [-0.2, -0.15) is 0 Å². The largest absolute Gasteiger partial charge is 0.496 e. The summed E-state index contributed by atoms with van der Waals surface area (Å²) in [7, 11) is 1.56. The third-order valence-electron chi connectivity index (χ3n) is 3.25. The van der Waals surface area contributed by atoms with Crippen LogP contribution in [0.4, 0.5) is 8.78 Å². The normalized spacial score (nSPS) is 13.8. The molecule has 2 aromatic carbocycles. The summed E-state index contributed by atoms with van der Waals surface area (Å²) >= 11 is 3.37. The molecule has 0 aromatic heterocycles. The molecule has 0 amide bonds. The van der Waals surface area contributed by atoms with Crippen molar-refractivity contribution in [1.82, 2.24) is 0 Å². The highest BCUT2D eigenvalue weighted by Gasteiger charge is 2.25. The van der Waals surface area contributed by atoms with Crippen LogP contribution in [0.25, 0.3) is 0 Å². The first kappa shape index (κ1) is 15.9. The van der Waals surface area contributed by atoms with Gasteiger partial charge in [0.1, 0.15) is 17.4 Å². The highest BCUT2D eigenvalue weighted by Crippen LogP contribution is 2.31. The van der Waals surface area contributed by atoms with Crippen molar-refractivity contribution in [1.29, 1.82) is 0 Å². The van der Waals surface area contributed by atoms with E-state index in [2.05, 4.69) is 15.9 Å². The fraction of sp³-hybridized carbons (Fsp3) is 0.250. The second-order valence-electron chi connectivity index (χ2n) is 5.08. The minimum atomic E-state index is -1.38. The Balaban J connectivity index is 2.30. The van der Waals surface area contributed by atoms with Crippen molar-refractivity contribution in [2.45, 2.75) is 18.9 Å². The van der Waals surface area contributed by atoms with Gasteiger partial charge in [0.15, 0.2) is 0 Å². The van der Waals surface area contributed by atoms with Crippen LogP contribution in [0.2, 0.25) is 0 Å². The molecule has 0 heterocycles. The summed E-state index contributed by atoms with van der Waals surface area (Å²) in [6.07, 6.45) is 0.221. The summed E-state index contributed by atoms with van der Waals surface area (Å²) in [5.74, 6) is -0.738.